The molecular weight excluding hydrogens is 232 g/mol. The average molecular weight is 246 g/mol. The number of rotatable bonds is 1. The third-order valence-electron chi connectivity index (χ3n) is 3.74. The van der Waals surface area contributed by atoms with Gasteiger partial charge in [-0.15, -0.1) is 0 Å². The van der Waals surface area contributed by atoms with Crippen LogP contribution in [0, 0.1) is 0 Å². The molecule has 1 aliphatic rings. The highest BCUT2D eigenvalue weighted by atomic mass is 14.9. The molecule has 2 nitrogen and oxygen atoms in total. The molecule has 0 unspecified atom stereocenters. The molecule has 3 aromatic rings. The van der Waals surface area contributed by atoms with Gasteiger partial charge in [-0.1, -0.05) is 48.5 Å². The van der Waals surface area contributed by atoms with Gasteiger partial charge in [-0.2, -0.15) is 0 Å². The molecule has 0 fully saturated rings. The van der Waals surface area contributed by atoms with E-state index in [1.54, 1.807) is 0 Å². The summed E-state index contributed by atoms with van der Waals surface area (Å²) >= 11 is 0. The molecule has 4 rings (SSSR count). The Bertz CT molecular complexity index is 748. The third kappa shape index (κ3) is 1.65. The third-order valence-corrected chi connectivity index (χ3v) is 3.74. The van der Waals surface area contributed by atoms with Gasteiger partial charge >= 0.3 is 0 Å². The van der Waals surface area contributed by atoms with Crippen LogP contribution in [0.15, 0.2) is 54.6 Å². The van der Waals surface area contributed by atoms with E-state index in [1.165, 1.54) is 27.8 Å². The van der Waals surface area contributed by atoms with E-state index in [-0.39, 0.29) is 0 Å². The summed E-state index contributed by atoms with van der Waals surface area (Å²) in [5, 5.41) is 4.66. The first kappa shape index (κ1) is 10.7. The molecule has 0 saturated carbocycles. The van der Waals surface area contributed by atoms with Crippen molar-refractivity contribution in [2.75, 3.05) is 0 Å². The van der Waals surface area contributed by atoms with Crippen molar-refractivity contribution >= 4 is 10.9 Å². The van der Waals surface area contributed by atoms with Crippen molar-refractivity contribution in [1.82, 2.24) is 10.3 Å². The molecular formula is C17H14N2. The minimum Gasteiger partial charge on any atom is -0.307 e. The fourth-order valence-electron chi connectivity index (χ4n) is 2.88. The second-order valence-corrected chi connectivity index (χ2v) is 4.90. The first-order valence-electron chi connectivity index (χ1n) is 6.60. The quantitative estimate of drug-likeness (QED) is 0.710. The molecule has 0 amide bonds. The Morgan fingerprint density at radius 2 is 1.63 bits per heavy atom. The lowest BCUT2D eigenvalue weighted by atomic mass is 9.95. The number of nitrogens with one attached hydrogen (secondary N) is 1. The minimum atomic E-state index is 0.875. The Morgan fingerprint density at radius 1 is 0.842 bits per heavy atom. The second-order valence-electron chi connectivity index (χ2n) is 4.90. The molecule has 19 heavy (non-hydrogen) atoms. The summed E-state index contributed by atoms with van der Waals surface area (Å²) in [6.45, 7) is 1.79. The number of para-hydroxylation sites is 1. The van der Waals surface area contributed by atoms with Crippen LogP contribution >= 0.6 is 0 Å². The van der Waals surface area contributed by atoms with Gasteiger partial charge in [-0.3, -0.25) is 4.98 Å². The Kier molecular flexibility index (Phi) is 2.35. The van der Waals surface area contributed by atoms with Crippen molar-refractivity contribution in [3.8, 4) is 11.1 Å². The van der Waals surface area contributed by atoms with E-state index >= 15 is 0 Å². The molecule has 0 atom stereocenters. The van der Waals surface area contributed by atoms with Gasteiger partial charge in [0.2, 0.25) is 0 Å². The molecule has 1 aromatic heterocycles. The Labute approximate surface area is 112 Å². The molecule has 92 valence electrons. The lowest BCUT2D eigenvalue weighted by Crippen LogP contribution is -2.00. The summed E-state index contributed by atoms with van der Waals surface area (Å²) in [6.07, 6.45) is 0. The van der Waals surface area contributed by atoms with E-state index < -0.39 is 0 Å². The average Bonchev–Trinajstić information content (AvgIpc) is 2.93. The SMILES string of the molecule is c1ccc(-c2c3c(nc4ccccc24)CNC3)cc1. The molecule has 0 aliphatic carbocycles. The van der Waals surface area contributed by atoms with E-state index in [2.05, 4.69) is 59.9 Å². The van der Waals surface area contributed by atoms with Gasteiger partial charge in [-0.05, 0) is 22.8 Å². The topological polar surface area (TPSA) is 24.9 Å². The first-order chi connectivity index (χ1) is 9.43. The largest absolute Gasteiger partial charge is 0.307 e. The van der Waals surface area contributed by atoms with Crippen LogP contribution < -0.4 is 5.32 Å². The normalized spacial score (nSPS) is 13.7. The smallest absolute Gasteiger partial charge is 0.0712 e. The number of aromatic nitrogens is 1. The number of pyridine rings is 1. The van der Waals surface area contributed by atoms with Gasteiger partial charge in [0.1, 0.15) is 0 Å². The molecule has 0 bridgehead atoms. The number of hydrogen-bond acceptors (Lipinski definition) is 2. The Hall–Kier alpha value is -2.19. The van der Waals surface area contributed by atoms with Crippen LogP contribution in [0.25, 0.3) is 22.0 Å². The molecule has 0 radical (unpaired) electrons. The summed E-state index contributed by atoms with van der Waals surface area (Å²) in [7, 11) is 0. The summed E-state index contributed by atoms with van der Waals surface area (Å²) < 4.78 is 0. The highest BCUT2D eigenvalue weighted by Gasteiger charge is 2.19. The lowest BCUT2D eigenvalue weighted by Gasteiger charge is -2.12. The van der Waals surface area contributed by atoms with Crippen molar-refractivity contribution in [3.63, 3.8) is 0 Å². The first-order valence-corrected chi connectivity index (χ1v) is 6.60. The summed E-state index contributed by atoms with van der Waals surface area (Å²) in [6, 6.07) is 19.0. The van der Waals surface area contributed by atoms with Crippen LogP contribution in [0.3, 0.4) is 0 Å². The summed E-state index contributed by atoms with van der Waals surface area (Å²) in [4.78, 5) is 4.78. The standard InChI is InChI=1S/C17H14N2/c1-2-6-12(7-3-1)17-13-8-4-5-9-15(13)19-16-11-18-10-14(16)17/h1-9,18H,10-11H2. The zero-order valence-corrected chi connectivity index (χ0v) is 10.6. The molecule has 2 heterocycles. The molecule has 2 aromatic carbocycles. The van der Waals surface area contributed by atoms with E-state index in [1.807, 2.05) is 0 Å². The fraction of sp³-hybridized carbons (Fsp3) is 0.118. The fourth-order valence-corrected chi connectivity index (χ4v) is 2.88. The van der Waals surface area contributed by atoms with Gasteiger partial charge < -0.3 is 5.32 Å². The number of nitrogens with zero attached hydrogens (tertiary/aromatic N) is 1. The highest BCUT2D eigenvalue weighted by Crippen LogP contribution is 2.34. The maximum absolute atomic E-state index is 4.78. The van der Waals surface area contributed by atoms with E-state index in [0.717, 1.165) is 18.6 Å². The minimum absolute atomic E-state index is 0.875. The van der Waals surface area contributed by atoms with E-state index in [0.29, 0.717) is 0 Å². The van der Waals surface area contributed by atoms with Gasteiger partial charge in [0.25, 0.3) is 0 Å². The van der Waals surface area contributed by atoms with Crippen molar-refractivity contribution < 1.29 is 0 Å². The summed E-state index contributed by atoms with van der Waals surface area (Å²) in [5.74, 6) is 0. The zero-order valence-electron chi connectivity index (χ0n) is 10.6. The maximum atomic E-state index is 4.78. The van der Waals surface area contributed by atoms with E-state index in [4.69, 9.17) is 4.98 Å². The van der Waals surface area contributed by atoms with Crippen LogP contribution in [-0.2, 0) is 13.1 Å². The van der Waals surface area contributed by atoms with Gasteiger partial charge in [0, 0.05) is 18.5 Å². The zero-order chi connectivity index (χ0) is 12.7. The van der Waals surface area contributed by atoms with Crippen molar-refractivity contribution in [1.29, 1.82) is 0 Å². The second kappa shape index (κ2) is 4.18. The van der Waals surface area contributed by atoms with Crippen LogP contribution in [0.2, 0.25) is 0 Å². The van der Waals surface area contributed by atoms with Crippen molar-refractivity contribution in [3.05, 3.63) is 65.9 Å². The van der Waals surface area contributed by atoms with Gasteiger partial charge in [0.15, 0.2) is 0 Å². The predicted octanol–water partition coefficient (Wildman–Crippen LogP) is 3.51. The maximum Gasteiger partial charge on any atom is 0.0712 e. The Balaban J connectivity index is 2.13. The molecule has 2 heteroatoms. The Morgan fingerprint density at radius 3 is 2.53 bits per heavy atom. The predicted molar refractivity (Wildman–Crippen MR) is 77.7 cm³/mol. The van der Waals surface area contributed by atoms with E-state index in [9.17, 15) is 0 Å². The highest BCUT2D eigenvalue weighted by molar-refractivity contribution is 5.96. The molecule has 1 aliphatic heterocycles. The lowest BCUT2D eigenvalue weighted by molar-refractivity contribution is 0.758. The van der Waals surface area contributed by atoms with Crippen LogP contribution in [0.5, 0.6) is 0 Å². The molecule has 0 saturated heterocycles. The number of hydrogen-bond donors (Lipinski definition) is 1. The van der Waals surface area contributed by atoms with Crippen molar-refractivity contribution in [2.45, 2.75) is 13.1 Å². The van der Waals surface area contributed by atoms with Crippen LogP contribution in [0.4, 0.5) is 0 Å². The van der Waals surface area contributed by atoms with Crippen LogP contribution in [0.1, 0.15) is 11.3 Å². The monoisotopic (exact) mass is 246 g/mol. The van der Waals surface area contributed by atoms with Gasteiger partial charge in [0.05, 0.1) is 11.2 Å². The van der Waals surface area contributed by atoms with Gasteiger partial charge in [-0.25, -0.2) is 0 Å². The van der Waals surface area contributed by atoms with Crippen LogP contribution in [-0.4, -0.2) is 4.98 Å². The van der Waals surface area contributed by atoms with Crippen molar-refractivity contribution in [2.24, 2.45) is 0 Å². The number of benzene rings is 2. The molecule has 0 spiro atoms. The number of fused-ring (bicyclic) bond motifs is 2. The summed E-state index contributed by atoms with van der Waals surface area (Å²) in [5.41, 5.74) is 6.25. The molecule has 1 N–H and O–H groups in total.